The minimum absolute atomic E-state index is 0.0185. The van der Waals surface area contributed by atoms with E-state index in [1.54, 1.807) is 0 Å². The summed E-state index contributed by atoms with van der Waals surface area (Å²) in [5.41, 5.74) is 0. The van der Waals surface area contributed by atoms with Gasteiger partial charge in [0, 0.05) is 12.8 Å². The Kier molecular flexibility index (Phi) is 67.7. The maximum absolute atomic E-state index is 13.6. The lowest BCUT2D eigenvalue weighted by Crippen LogP contribution is -2.47. The van der Waals surface area contributed by atoms with Crippen LogP contribution in [-0.2, 0) is 27.9 Å². The fourth-order valence-corrected chi connectivity index (χ4v) is 12.8. The average molecular weight is 1270 g/mol. The SMILES string of the molecule is CCCCC/C=C\C/C=C\CCCCCCCCCCCCCCCCCCCC(=O)NC(COP(=O)([O-])OCC[N+](C)(C)C)C(/C=C/CCCCCCCCCCC)OC(=O)CCCCCCCCCCCCCCCCCCCCCCCCCCC. The molecular formula is C79H153N2O7P. The van der Waals surface area contributed by atoms with Crippen molar-refractivity contribution in [2.75, 3.05) is 40.9 Å². The first kappa shape index (κ1) is 87.2. The summed E-state index contributed by atoms with van der Waals surface area (Å²) in [4.78, 5) is 40.3. The molecule has 0 aliphatic carbocycles. The van der Waals surface area contributed by atoms with Crippen molar-refractivity contribution >= 4 is 19.7 Å². The molecule has 0 bridgehead atoms. The lowest BCUT2D eigenvalue weighted by atomic mass is 10.0. The maximum Gasteiger partial charge on any atom is 0.306 e. The molecule has 0 saturated carbocycles. The molecule has 10 heteroatoms. The molecule has 1 amide bonds. The summed E-state index contributed by atoms with van der Waals surface area (Å²) in [5.74, 6) is -0.516. The van der Waals surface area contributed by atoms with Gasteiger partial charge in [-0.1, -0.05) is 366 Å². The molecule has 0 aromatic carbocycles. The number of unbranched alkanes of at least 4 members (excludes halogenated alkanes) is 53. The first-order chi connectivity index (χ1) is 43.4. The number of phosphoric ester groups is 1. The standard InChI is InChI=1S/C79H153N2O7P/c1-7-10-13-16-19-22-25-27-29-31-33-35-37-39-40-42-43-45-47-49-51-53-56-59-62-65-68-71-78(82)80-76(75-87-89(84,85)86-74-73-81(4,5)6)77(70-67-64-61-58-55-24-21-18-15-12-9-3)88-79(83)72-69-66-63-60-57-54-52-50-48-46-44-41-38-36-34-32-30-28-26-23-20-17-14-11-8-2/h19,22,27,29,67,70,76-77H,7-18,20-21,23-26,28,30-66,68-69,71-75H2,1-6H3,(H-,80,82,84,85)/b22-19-,29-27-,70-67+. The van der Waals surface area contributed by atoms with Crippen molar-refractivity contribution in [3.63, 3.8) is 0 Å². The van der Waals surface area contributed by atoms with Gasteiger partial charge in [0.2, 0.25) is 5.91 Å². The minimum Gasteiger partial charge on any atom is -0.756 e. The number of nitrogens with one attached hydrogen (secondary N) is 1. The summed E-state index contributed by atoms with van der Waals surface area (Å²) >= 11 is 0. The maximum atomic E-state index is 13.6. The Morgan fingerprint density at radius 3 is 1.03 bits per heavy atom. The second-order valence-corrected chi connectivity index (χ2v) is 29.6. The summed E-state index contributed by atoms with van der Waals surface area (Å²) in [5, 5.41) is 3.06. The van der Waals surface area contributed by atoms with Crippen LogP contribution in [0.5, 0.6) is 0 Å². The van der Waals surface area contributed by atoms with Gasteiger partial charge in [0.1, 0.15) is 19.3 Å². The van der Waals surface area contributed by atoms with E-state index in [1.165, 1.54) is 308 Å². The van der Waals surface area contributed by atoms with Crippen LogP contribution in [0.4, 0.5) is 0 Å². The predicted octanol–water partition coefficient (Wildman–Crippen LogP) is 24.7. The molecule has 0 aromatic heterocycles. The van der Waals surface area contributed by atoms with Crippen LogP contribution in [-0.4, -0.2) is 69.4 Å². The van der Waals surface area contributed by atoms with Gasteiger partial charge in [-0.15, -0.1) is 0 Å². The highest BCUT2D eigenvalue weighted by molar-refractivity contribution is 7.45. The van der Waals surface area contributed by atoms with Crippen LogP contribution in [0.3, 0.4) is 0 Å². The third-order valence-electron chi connectivity index (χ3n) is 18.1. The number of nitrogens with zero attached hydrogens (tertiary/aromatic N) is 1. The third-order valence-corrected chi connectivity index (χ3v) is 19.0. The number of phosphoric acid groups is 1. The Morgan fingerprint density at radius 1 is 0.393 bits per heavy atom. The molecule has 0 aliphatic heterocycles. The molecule has 89 heavy (non-hydrogen) atoms. The molecular weight excluding hydrogens is 1120 g/mol. The predicted molar refractivity (Wildman–Crippen MR) is 386 cm³/mol. The first-order valence-electron chi connectivity index (χ1n) is 39.3. The van der Waals surface area contributed by atoms with Gasteiger partial charge in [-0.25, -0.2) is 0 Å². The number of amides is 1. The van der Waals surface area contributed by atoms with Crippen LogP contribution in [0.1, 0.15) is 406 Å². The van der Waals surface area contributed by atoms with E-state index in [9.17, 15) is 19.0 Å². The van der Waals surface area contributed by atoms with Gasteiger partial charge in [-0.3, -0.25) is 14.2 Å². The lowest BCUT2D eigenvalue weighted by molar-refractivity contribution is -0.870. The Bertz CT molecular complexity index is 1610. The Morgan fingerprint density at radius 2 is 0.685 bits per heavy atom. The van der Waals surface area contributed by atoms with Crippen molar-refractivity contribution in [2.45, 2.75) is 418 Å². The quantitative estimate of drug-likeness (QED) is 0.0212. The van der Waals surface area contributed by atoms with Gasteiger partial charge in [-0.05, 0) is 63.9 Å². The zero-order valence-corrected chi connectivity index (χ0v) is 61.3. The van der Waals surface area contributed by atoms with Gasteiger partial charge in [0.15, 0.2) is 0 Å². The number of hydrogen-bond acceptors (Lipinski definition) is 7. The second-order valence-electron chi connectivity index (χ2n) is 28.2. The number of carbonyl (C=O) groups excluding carboxylic acids is 2. The molecule has 0 heterocycles. The van der Waals surface area contributed by atoms with E-state index in [0.717, 1.165) is 64.2 Å². The number of esters is 1. The largest absolute Gasteiger partial charge is 0.756 e. The van der Waals surface area contributed by atoms with Crippen molar-refractivity contribution in [3.05, 3.63) is 36.5 Å². The highest BCUT2D eigenvalue weighted by atomic mass is 31.2. The smallest absolute Gasteiger partial charge is 0.306 e. The molecule has 3 unspecified atom stereocenters. The van der Waals surface area contributed by atoms with E-state index in [2.05, 4.69) is 50.4 Å². The van der Waals surface area contributed by atoms with E-state index in [0.29, 0.717) is 17.4 Å². The van der Waals surface area contributed by atoms with Gasteiger partial charge in [0.05, 0.1) is 33.8 Å². The monoisotopic (exact) mass is 1270 g/mol. The van der Waals surface area contributed by atoms with Crippen molar-refractivity contribution < 1.29 is 37.3 Å². The molecule has 526 valence electrons. The van der Waals surface area contributed by atoms with Crippen LogP contribution in [0.2, 0.25) is 0 Å². The number of rotatable bonds is 73. The number of carbonyl (C=O) groups is 2. The molecule has 0 saturated heterocycles. The highest BCUT2D eigenvalue weighted by Crippen LogP contribution is 2.38. The van der Waals surface area contributed by atoms with Gasteiger partial charge >= 0.3 is 5.97 Å². The minimum atomic E-state index is -4.70. The highest BCUT2D eigenvalue weighted by Gasteiger charge is 2.27. The van der Waals surface area contributed by atoms with Crippen molar-refractivity contribution in [2.24, 2.45) is 0 Å². The van der Waals surface area contributed by atoms with Crippen molar-refractivity contribution in [1.82, 2.24) is 5.32 Å². The van der Waals surface area contributed by atoms with Crippen LogP contribution in [0, 0.1) is 0 Å². The van der Waals surface area contributed by atoms with Crippen LogP contribution in [0.15, 0.2) is 36.5 Å². The molecule has 0 aliphatic rings. The third kappa shape index (κ3) is 70.4. The molecule has 1 N–H and O–H groups in total. The summed E-state index contributed by atoms with van der Waals surface area (Å²) in [6.07, 6.45) is 87.3. The first-order valence-corrected chi connectivity index (χ1v) is 40.8. The molecule has 0 rings (SSSR count). The summed E-state index contributed by atoms with van der Waals surface area (Å²) in [6, 6.07) is -0.885. The molecule has 3 atom stereocenters. The molecule has 0 fully saturated rings. The fraction of sp³-hybridized carbons (Fsp3) is 0.899. The Hall–Kier alpha value is -1.77. The van der Waals surface area contributed by atoms with E-state index >= 15 is 0 Å². The second kappa shape index (κ2) is 69.1. The van der Waals surface area contributed by atoms with Crippen LogP contribution >= 0.6 is 7.82 Å². The molecule has 0 aromatic rings. The number of ether oxygens (including phenoxy) is 1. The number of allylic oxidation sites excluding steroid dienone is 5. The van der Waals surface area contributed by atoms with Crippen LogP contribution in [0.25, 0.3) is 0 Å². The molecule has 0 radical (unpaired) electrons. The normalized spacial score (nSPS) is 13.6. The number of likely N-dealkylation sites (N-methyl/N-ethyl adjacent to an activating group) is 1. The number of quaternary nitrogens is 1. The fourth-order valence-electron chi connectivity index (χ4n) is 12.0. The lowest BCUT2D eigenvalue weighted by Gasteiger charge is -2.30. The summed E-state index contributed by atoms with van der Waals surface area (Å²) in [6.45, 7) is 6.89. The zero-order chi connectivity index (χ0) is 64.9. The van der Waals surface area contributed by atoms with E-state index in [4.69, 9.17) is 13.8 Å². The number of hydrogen-bond donors (Lipinski definition) is 1. The average Bonchev–Trinajstić information content (AvgIpc) is 3.70. The molecule has 9 nitrogen and oxygen atoms in total. The van der Waals surface area contributed by atoms with E-state index in [1.807, 2.05) is 33.3 Å². The Balaban J connectivity index is 4.85. The molecule has 0 spiro atoms. The topological polar surface area (TPSA) is 114 Å². The summed E-state index contributed by atoms with van der Waals surface area (Å²) < 4.78 is 30.5. The van der Waals surface area contributed by atoms with Crippen molar-refractivity contribution in [3.8, 4) is 0 Å². The summed E-state index contributed by atoms with van der Waals surface area (Å²) in [7, 11) is 1.21. The van der Waals surface area contributed by atoms with Gasteiger partial charge < -0.3 is 28.5 Å². The van der Waals surface area contributed by atoms with Crippen LogP contribution < -0.4 is 10.2 Å². The Labute approximate surface area is 555 Å². The van der Waals surface area contributed by atoms with Crippen molar-refractivity contribution in [1.29, 1.82) is 0 Å². The van der Waals surface area contributed by atoms with E-state index < -0.39 is 20.0 Å². The van der Waals surface area contributed by atoms with E-state index in [-0.39, 0.29) is 31.5 Å². The zero-order valence-electron chi connectivity index (χ0n) is 60.4. The van der Waals surface area contributed by atoms with Gasteiger partial charge in [0.25, 0.3) is 7.82 Å². The van der Waals surface area contributed by atoms with Gasteiger partial charge in [-0.2, -0.15) is 0 Å².